The Hall–Kier alpha value is -0.800. The fraction of sp³-hybridized carbons (Fsp3) is 0.467. The van der Waals surface area contributed by atoms with E-state index in [0.29, 0.717) is 0 Å². The van der Waals surface area contributed by atoms with Crippen LogP contribution in [0.25, 0.3) is 6.08 Å². The molecular weight excluding hydrogens is 290 g/mol. The van der Waals surface area contributed by atoms with Gasteiger partial charge < -0.3 is 10.1 Å². The van der Waals surface area contributed by atoms with E-state index in [1.54, 1.807) is 0 Å². The summed E-state index contributed by atoms with van der Waals surface area (Å²) in [6, 6.07) is 4.36. The van der Waals surface area contributed by atoms with Crippen molar-refractivity contribution in [1.82, 2.24) is 5.32 Å². The fourth-order valence-electron chi connectivity index (χ4n) is 2.71. The minimum absolute atomic E-state index is 0.823. The summed E-state index contributed by atoms with van der Waals surface area (Å²) in [4.78, 5) is 0. The molecule has 96 valence electrons. The monoisotopic (exact) mass is 307 g/mol. The predicted octanol–water partition coefficient (Wildman–Crippen LogP) is 3.54. The summed E-state index contributed by atoms with van der Waals surface area (Å²) in [5.74, 6) is 1.10. The Morgan fingerprint density at radius 1 is 1.17 bits per heavy atom. The lowest BCUT2D eigenvalue weighted by Gasteiger charge is -2.08. The number of benzene rings is 1. The van der Waals surface area contributed by atoms with Crippen LogP contribution in [-0.4, -0.2) is 19.7 Å². The van der Waals surface area contributed by atoms with Crippen molar-refractivity contribution in [3.63, 3.8) is 0 Å². The van der Waals surface area contributed by atoms with Crippen LogP contribution in [0.2, 0.25) is 0 Å². The van der Waals surface area contributed by atoms with Crippen LogP contribution in [-0.2, 0) is 6.42 Å². The number of fused-ring (bicyclic) bond motifs is 1. The molecule has 1 fully saturated rings. The number of ether oxygens (including phenoxy) is 1. The van der Waals surface area contributed by atoms with Gasteiger partial charge in [0.2, 0.25) is 0 Å². The molecule has 0 aliphatic carbocycles. The molecule has 0 atom stereocenters. The molecule has 1 aromatic rings. The van der Waals surface area contributed by atoms with Crippen LogP contribution in [0.1, 0.15) is 30.4 Å². The molecule has 3 heteroatoms. The van der Waals surface area contributed by atoms with Crippen molar-refractivity contribution in [3.8, 4) is 5.75 Å². The standard InChI is InChI=1S/C15H18BrNO/c16-14-9-12-4-7-18-15(12)13(10-14)8-11-2-1-5-17-6-3-11/h8-10,17H,1-7H2/b11-8-. The molecular formula is C15H18BrNO. The third-order valence-electron chi connectivity index (χ3n) is 3.61. The van der Waals surface area contributed by atoms with Gasteiger partial charge >= 0.3 is 0 Å². The van der Waals surface area contributed by atoms with Crippen molar-refractivity contribution in [2.45, 2.75) is 25.7 Å². The molecule has 0 aromatic heterocycles. The summed E-state index contributed by atoms with van der Waals surface area (Å²) in [6.07, 6.45) is 6.97. The van der Waals surface area contributed by atoms with Crippen molar-refractivity contribution in [2.24, 2.45) is 0 Å². The van der Waals surface area contributed by atoms with Crippen LogP contribution in [0.5, 0.6) is 5.75 Å². The highest BCUT2D eigenvalue weighted by molar-refractivity contribution is 9.10. The predicted molar refractivity (Wildman–Crippen MR) is 78.0 cm³/mol. The highest BCUT2D eigenvalue weighted by Crippen LogP contribution is 2.35. The second kappa shape index (κ2) is 5.45. The molecule has 0 radical (unpaired) electrons. The molecule has 0 spiro atoms. The van der Waals surface area contributed by atoms with Crippen LogP contribution in [0.3, 0.4) is 0 Å². The fourth-order valence-corrected chi connectivity index (χ4v) is 3.23. The highest BCUT2D eigenvalue weighted by atomic mass is 79.9. The van der Waals surface area contributed by atoms with E-state index in [2.05, 4.69) is 39.5 Å². The quantitative estimate of drug-likeness (QED) is 0.857. The molecule has 0 saturated carbocycles. The van der Waals surface area contributed by atoms with Gasteiger partial charge in [0.15, 0.2) is 0 Å². The molecule has 2 heterocycles. The average molecular weight is 308 g/mol. The van der Waals surface area contributed by atoms with E-state index >= 15 is 0 Å². The number of nitrogens with one attached hydrogen (secondary N) is 1. The largest absolute Gasteiger partial charge is 0.492 e. The van der Waals surface area contributed by atoms with E-state index in [1.165, 1.54) is 29.5 Å². The van der Waals surface area contributed by atoms with Gasteiger partial charge in [0.25, 0.3) is 0 Å². The Balaban J connectivity index is 1.94. The topological polar surface area (TPSA) is 21.3 Å². The van der Waals surface area contributed by atoms with Gasteiger partial charge in [0.1, 0.15) is 5.75 Å². The highest BCUT2D eigenvalue weighted by Gasteiger charge is 2.16. The summed E-state index contributed by atoms with van der Waals surface area (Å²) < 4.78 is 6.93. The molecule has 0 bridgehead atoms. The van der Waals surface area contributed by atoms with Crippen LogP contribution in [0.15, 0.2) is 22.2 Å². The van der Waals surface area contributed by atoms with Gasteiger partial charge in [-0.2, -0.15) is 0 Å². The number of hydrogen-bond acceptors (Lipinski definition) is 2. The minimum Gasteiger partial charge on any atom is -0.492 e. The molecule has 3 rings (SSSR count). The Bertz CT molecular complexity index is 472. The normalized spacial score (nSPS) is 21.5. The van der Waals surface area contributed by atoms with Crippen molar-refractivity contribution >= 4 is 22.0 Å². The van der Waals surface area contributed by atoms with E-state index in [9.17, 15) is 0 Å². The summed E-state index contributed by atoms with van der Waals surface area (Å²) >= 11 is 3.60. The second-order valence-corrected chi connectivity index (χ2v) is 5.90. The van der Waals surface area contributed by atoms with Gasteiger partial charge in [0.05, 0.1) is 6.61 Å². The van der Waals surface area contributed by atoms with Gasteiger partial charge in [0, 0.05) is 16.5 Å². The maximum Gasteiger partial charge on any atom is 0.129 e. The zero-order valence-corrected chi connectivity index (χ0v) is 12.1. The van der Waals surface area contributed by atoms with Gasteiger partial charge in [-0.25, -0.2) is 0 Å². The van der Waals surface area contributed by atoms with Gasteiger partial charge in [-0.15, -0.1) is 0 Å². The lowest BCUT2D eigenvalue weighted by molar-refractivity contribution is 0.356. The van der Waals surface area contributed by atoms with Crippen molar-refractivity contribution < 1.29 is 4.74 Å². The van der Waals surface area contributed by atoms with E-state index in [1.807, 2.05) is 0 Å². The Labute approximate surface area is 117 Å². The molecule has 1 aromatic carbocycles. The second-order valence-electron chi connectivity index (χ2n) is 4.99. The maximum atomic E-state index is 5.78. The zero-order valence-electron chi connectivity index (χ0n) is 10.5. The number of rotatable bonds is 1. The van der Waals surface area contributed by atoms with Crippen molar-refractivity contribution in [3.05, 3.63) is 33.3 Å². The van der Waals surface area contributed by atoms with Crippen LogP contribution in [0, 0.1) is 0 Å². The lowest BCUT2D eigenvalue weighted by Crippen LogP contribution is -2.13. The molecule has 0 amide bonds. The SMILES string of the molecule is Brc1cc(/C=C2/CCCNCC2)c2c(c1)CCO2. The van der Waals surface area contributed by atoms with Crippen LogP contribution in [0.4, 0.5) is 0 Å². The molecule has 0 unspecified atom stereocenters. The van der Waals surface area contributed by atoms with Crippen LogP contribution < -0.4 is 10.1 Å². The molecule has 18 heavy (non-hydrogen) atoms. The third kappa shape index (κ3) is 2.62. The van der Waals surface area contributed by atoms with Crippen molar-refractivity contribution in [2.75, 3.05) is 19.7 Å². The lowest BCUT2D eigenvalue weighted by atomic mass is 10.0. The first-order chi connectivity index (χ1) is 8.83. The summed E-state index contributed by atoms with van der Waals surface area (Å²) in [6.45, 7) is 3.07. The summed E-state index contributed by atoms with van der Waals surface area (Å²) in [5, 5.41) is 3.45. The summed E-state index contributed by atoms with van der Waals surface area (Å²) in [5.41, 5.74) is 4.12. The van der Waals surface area contributed by atoms with Gasteiger partial charge in [-0.1, -0.05) is 27.6 Å². The maximum absolute atomic E-state index is 5.78. The first kappa shape index (κ1) is 12.2. The van der Waals surface area contributed by atoms with Gasteiger partial charge in [-0.3, -0.25) is 0 Å². The van der Waals surface area contributed by atoms with E-state index in [0.717, 1.165) is 42.8 Å². The first-order valence-corrected chi connectivity index (χ1v) is 7.47. The number of hydrogen-bond donors (Lipinski definition) is 1. The van der Waals surface area contributed by atoms with E-state index in [-0.39, 0.29) is 0 Å². The van der Waals surface area contributed by atoms with Gasteiger partial charge in [-0.05, 0) is 50.0 Å². The van der Waals surface area contributed by atoms with Crippen LogP contribution >= 0.6 is 15.9 Å². The third-order valence-corrected chi connectivity index (χ3v) is 4.07. The Kier molecular flexibility index (Phi) is 3.71. The zero-order chi connectivity index (χ0) is 12.4. The Morgan fingerprint density at radius 3 is 3.06 bits per heavy atom. The summed E-state index contributed by atoms with van der Waals surface area (Å²) in [7, 11) is 0. The van der Waals surface area contributed by atoms with Crippen molar-refractivity contribution in [1.29, 1.82) is 0 Å². The molecule has 1 N–H and O–H groups in total. The van der Waals surface area contributed by atoms with E-state index < -0.39 is 0 Å². The molecule has 2 aliphatic rings. The van der Waals surface area contributed by atoms with E-state index in [4.69, 9.17) is 4.74 Å². The smallest absolute Gasteiger partial charge is 0.129 e. The average Bonchev–Trinajstić information content (AvgIpc) is 2.66. The first-order valence-electron chi connectivity index (χ1n) is 6.68. The molecule has 2 nitrogen and oxygen atoms in total. The Morgan fingerprint density at radius 2 is 2.11 bits per heavy atom. The number of halogens is 1. The molecule has 1 saturated heterocycles. The molecule has 2 aliphatic heterocycles. The minimum atomic E-state index is 0.823.